The van der Waals surface area contributed by atoms with Crippen LogP contribution in [0.25, 0.3) is 10.9 Å². The summed E-state index contributed by atoms with van der Waals surface area (Å²) in [5.74, 6) is -0.580. The first kappa shape index (κ1) is 18.4. The predicted octanol–water partition coefficient (Wildman–Crippen LogP) is 5.55. The Morgan fingerprint density at radius 1 is 1.07 bits per heavy atom. The Morgan fingerprint density at radius 2 is 1.74 bits per heavy atom. The Bertz CT molecular complexity index is 971. The first-order valence-electron chi connectivity index (χ1n) is 9.03. The highest BCUT2D eigenvalue weighted by molar-refractivity contribution is 6.36. The molecule has 1 aromatic heterocycles. The lowest BCUT2D eigenvalue weighted by Crippen LogP contribution is -2.33. The van der Waals surface area contributed by atoms with Crippen LogP contribution >= 0.6 is 23.2 Å². The topological polar surface area (TPSA) is 56.3 Å². The minimum atomic E-state index is -0.918. The van der Waals surface area contributed by atoms with E-state index in [0.29, 0.717) is 12.5 Å². The molecule has 4 rings (SSSR count). The van der Waals surface area contributed by atoms with E-state index in [4.69, 9.17) is 23.2 Å². The second-order valence-corrected chi connectivity index (χ2v) is 7.83. The van der Waals surface area contributed by atoms with Crippen LogP contribution in [0.15, 0.2) is 42.5 Å². The molecule has 2 heterocycles. The number of halogens is 2. The van der Waals surface area contributed by atoms with Crippen molar-refractivity contribution in [2.75, 3.05) is 13.1 Å². The number of rotatable bonds is 4. The number of H-pyrrole nitrogens is 1. The third kappa shape index (κ3) is 3.57. The smallest absolute Gasteiger partial charge is 0.352 e. The fourth-order valence-corrected chi connectivity index (χ4v) is 4.76. The summed E-state index contributed by atoms with van der Waals surface area (Å²) >= 11 is 12.7. The standard InChI is InChI=1S/C21H20Cl2N2O2/c22-16-5-3-6-17(23)19(16)13-8-10-25(11-9-13)12-15-14-4-1-2-7-18(14)24-20(15)21(26)27/h1-7,13,24H,8-12H2,(H,26,27). The molecule has 6 heteroatoms. The maximum Gasteiger partial charge on any atom is 0.352 e. The molecule has 0 aliphatic carbocycles. The Kier molecular flexibility index (Phi) is 5.13. The molecule has 0 spiro atoms. The van der Waals surface area contributed by atoms with Gasteiger partial charge in [-0.3, -0.25) is 4.90 Å². The van der Waals surface area contributed by atoms with Crippen molar-refractivity contribution < 1.29 is 9.90 Å². The van der Waals surface area contributed by atoms with Crippen LogP contribution in [0.4, 0.5) is 0 Å². The van der Waals surface area contributed by atoms with Crippen molar-refractivity contribution in [3.8, 4) is 0 Å². The molecule has 0 radical (unpaired) electrons. The van der Waals surface area contributed by atoms with Gasteiger partial charge in [-0.25, -0.2) is 4.79 Å². The number of aromatic carboxylic acids is 1. The van der Waals surface area contributed by atoms with Crippen LogP contribution in [0.1, 0.15) is 40.4 Å². The van der Waals surface area contributed by atoms with Gasteiger partial charge >= 0.3 is 5.97 Å². The van der Waals surface area contributed by atoms with E-state index in [1.807, 2.05) is 42.5 Å². The summed E-state index contributed by atoms with van der Waals surface area (Å²) in [7, 11) is 0. The van der Waals surface area contributed by atoms with Crippen molar-refractivity contribution in [3.05, 3.63) is 69.3 Å². The molecule has 1 aliphatic heterocycles. The van der Waals surface area contributed by atoms with Crippen LogP contribution in [-0.4, -0.2) is 34.0 Å². The van der Waals surface area contributed by atoms with Crippen molar-refractivity contribution in [2.24, 2.45) is 0 Å². The zero-order chi connectivity index (χ0) is 19.0. The highest BCUT2D eigenvalue weighted by atomic mass is 35.5. The number of piperidine rings is 1. The number of aromatic nitrogens is 1. The fraction of sp³-hybridized carbons (Fsp3) is 0.286. The highest BCUT2D eigenvalue weighted by Crippen LogP contribution is 2.38. The molecule has 0 atom stereocenters. The number of aromatic amines is 1. The van der Waals surface area contributed by atoms with Gasteiger partial charge in [0.05, 0.1) is 0 Å². The molecule has 0 bridgehead atoms. The quantitative estimate of drug-likeness (QED) is 0.600. The average molecular weight is 403 g/mol. The van der Waals surface area contributed by atoms with Gasteiger partial charge in [0, 0.05) is 33.1 Å². The molecule has 27 heavy (non-hydrogen) atoms. The van der Waals surface area contributed by atoms with Crippen molar-refractivity contribution in [1.82, 2.24) is 9.88 Å². The van der Waals surface area contributed by atoms with Gasteiger partial charge in [-0.1, -0.05) is 47.5 Å². The van der Waals surface area contributed by atoms with E-state index in [0.717, 1.165) is 58.0 Å². The van der Waals surface area contributed by atoms with Gasteiger partial charge < -0.3 is 10.1 Å². The summed E-state index contributed by atoms with van der Waals surface area (Å²) in [6, 6.07) is 13.4. The van der Waals surface area contributed by atoms with Gasteiger partial charge in [0.2, 0.25) is 0 Å². The molecule has 140 valence electrons. The molecular weight excluding hydrogens is 383 g/mol. The van der Waals surface area contributed by atoms with Crippen LogP contribution in [0, 0.1) is 0 Å². The van der Waals surface area contributed by atoms with Crippen LogP contribution in [-0.2, 0) is 6.54 Å². The first-order valence-corrected chi connectivity index (χ1v) is 9.79. The minimum Gasteiger partial charge on any atom is -0.477 e. The Balaban J connectivity index is 1.53. The second kappa shape index (κ2) is 7.55. The highest BCUT2D eigenvalue weighted by Gasteiger charge is 2.26. The summed E-state index contributed by atoms with van der Waals surface area (Å²) < 4.78 is 0. The van der Waals surface area contributed by atoms with Crippen molar-refractivity contribution in [3.63, 3.8) is 0 Å². The number of carboxylic acid groups (broad SMARTS) is 1. The number of carbonyl (C=O) groups is 1. The van der Waals surface area contributed by atoms with Crippen LogP contribution in [0.5, 0.6) is 0 Å². The van der Waals surface area contributed by atoms with Gasteiger partial charge in [0.15, 0.2) is 0 Å². The monoisotopic (exact) mass is 402 g/mol. The van der Waals surface area contributed by atoms with Crippen LogP contribution in [0.3, 0.4) is 0 Å². The minimum absolute atomic E-state index is 0.285. The van der Waals surface area contributed by atoms with Crippen molar-refractivity contribution in [1.29, 1.82) is 0 Å². The number of likely N-dealkylation sites (tertiary alicyclic amines) is 1. The molecule has 2 aromatic carbocycles. The Hall–Kier alpha value is -2.01. The van der Waals surface area contributed by atoms with Crippen molar-refractivity contribution >= 4 is 40.1 Å². The number of hydrogen-bond donors (Lipinski definition) is 2. The number of nitrogens with one attached hydrogen (secondary N) is 1. The normalized spacial score (nSPS) is 16.1. The molecule has 1 fully saturated rings. The van der Waals surface area contributed by atoms with Crippen LogP contribution < -0.4 is 0 Å². The summed E-state index contributed by atoms with van der Waals surface area (Å²) in [4.78, 5) is 17.0. The second-order valence-electron chi connectivity index (χ2n) is 7.02. The van der Waals surface area contributed by atoms with E-state index in [2.05, 4.69) is 9.88 Å². The SMILES string of the molecule is O=C(O)c1[nH]c2ccccc2c1CN1CCC(c2c(Cl)cccc2Cl)CC1. The largest absolute Gasteiger partial charge is 0.477 e. The molecule has 1 saturated heterocycles. The number of hydrogen-bond acceptors (Lipinski definition) is 2. The molecule has 3 aromatic rings. The van der Waals surface area contributed by atoms with Gasteiger partial charge in [-0.15, -0.1) is 0 Å². The zero-order valence-electron chi connectivity index (χ0n) is 14.7. The van der Waals surface area contributed by atoms with E-state index in [-0.39, 0.29) is 5.69 Å². The summed E-state index contributed by atoms with van der Waals surface area (Å²) in [6.07, 6.45) is 1.91. The molecular formula is C21H20Cl2N2O2. The lowest BCUT2D eigenvalue weighted by Gasteiger charge is -2.33. The maximum absolute atomic E-state index is 11.7. The Labute approximate surface area is 167 Å². The third-order valence-electron chi connectivity index (χ3n) is 5.40. The van der Waals surface area contributed by atoms with E-state index < -0.39 is 5.97 Å². The van der Waals surface area contributed by atoms with Gasteiger partial charge in [-0.2, -0.15) is 0 Å². The molecule has 0 amide bonds. The summed E-state index contributed by atoms with van der Waals surface area (Å²) in [6.45, 7) is 2.38. The van der Waals surface area contributed by atoms with E-state index in [1.165, 1.54) is 0 Å². The van der Waals surface area contributed by atoms with Gasteiger partial charge in [0.25, 0.3) is 0 Å². The zero-order valence-corrected chi connectivity index (χ0v) is 16.2. The molecule has 1 aliphatic rings. The number of carboxylic acids is 1. The molecule has 2 N–H and O–H groups in total. The van der Waals surface area contributed by atoms with Crippen LogP contribution in [0.2, 0.25) is 10.0 Å². The lowest BCUT2D eigenvalue weighted by atomic mass is 9.89. The van der Waals surface area contributed by atoms with E-state index in [9.17, 15) is 9.90 Å². The average Bonchev–Trinajstić information content (AvgIpc) is 3.02. The number of nitrogens with zero attached hydrogens (tertiary/aromatic N) is 1. The van der Waals surface area contributed by atoms with E-state index in [1.54, 1.807) is 0 Å². The summed E-state index contributed by atoms with van der Waals surface area (Å²) in [5.41, 5.74) is 3.04. The summed E-state index contributed by atoms with van der Waals surface area (Å²) in [5, 5.41) is 12.0. The molecule has 0 saturated carbocycles. The van der Waals surface area contributed by atoms with E-state index >= 15 is 0 Å². The molecule has 0 unspecified atom stereocenters. The van der Waals surface area contributed by atoms with Gasteiger partial charge in [-0.05, 0) is 55.6 Å². The lowest BCUT2D eigenvalue weighted by molar-refractivity contribution is 0.0688. The van der Waals surface area contributed by atoms with Gasteiger partial charge in [0.1, 0.15) is 5.69 Å². The fourth-order valence-electron chi connectivity index (χ4n) is 4.05. The van der Waals surface area contributed by atoms with Crippen molar-refractivity contribution in [2.45, 2.75) is 25.3 Å². The Morgan fingerprint density at radius 3 is 2.41 bits per heavy atom. The predicted molar refractivity (Wildman–Crippen MR) is 109 cm³/mol. The number of fused-ring (bicyclic) bond motifs is 1. The molecule has 4 nitrogen and oxygen atoms in total. The third-order valence-corrected chi connectivity index (χ3v) is 6.06. The number of para-hydroxylation sites is 1. The first-order chi connectivity index (χ1) is 13.0. The maximum atomic E-state index is 11.7. The number of benzene rings is 2.